The maximum Gasteiger partial charge on any atom is 0.104 e. The van der Waals surface area contributed by atoms with Crippen LogP contribution in [0, 0.1) is 11.8 Å². The SMILES string of the molecule is CC(C)C1CCCCC1N(C)C(C)O. The minimum Gasteiger partial charge on any atom is -0.379 e. The average molecular weight is 199 g/mol. The van der Waals surface area contributed by atoms with E-state index >= 15 is 0 Å². The summed E-state index contributed by atoms with van der Waals surface area (Å²) in [6.45, 7) is 6.48. The molecule has 1 rings (SSSR count). The summed E-state index contributed by atoms with van der Waals surface area (Å²) < 4.78 is 0. The highest BCUT2D eigenvalue weighted by Crippen LogP contribution is 2.33. The molecule has 0 aromatic heterocycles. The molecule has 2 nitrogen and oxygen atoms in total. The Balaban J connectivity index is 2.62. The fourth-order valence-corrected chi connectivity index (χ4v) is 2.70. The molecule has 1 N–H and O–H groups in total. The van der Waals surface area contributed by atoms with Crippen LogP contribution in [-0.2, 0) is 0 Å². The van der Waals surface area contributed by atoms with Crippen molar-refractivity contribution in [3.8, 4) is 0 Å². The Kier molecular flexibility index (Phi) is 4.39. The van der Waals surface area contributed by atoms with Crippen molar-refractivity contribution in [3.05, 3.63) is 0 Å². The maximum atomic E-state index is 9.60. The monoisotopic (exact) mass is 199 g/mol. The molecule has 0 aromatic carbocycles. The Morgan fingerprint density at radius 2 is 1.71 bits per heavy atom. The molecule has 1 fully saturated rings. The summed E-state index contributed by atoms with van der Waals surface area (Å²) in [6, 6.07) is 0.587. The van der Waals surface area contributed by atoms with Crippen molar-refractivity contribution in [2.75, 3.05) is 7.05 Å². The quantitative estimate of drug-likeness (QED) is 0.706. The smallest absolute Gasteiger partial charge is 0.104 e. The van der Waals surface area contributed by atoms with Crippen LogP contribution in [0.25, 0.3) is 0 Å². The first-order valence-electron chi connectivity index (χ1n) is 5.94. The fourth-order valence-electron chi connectivity index (χ4n) is 2.70. The lowest BCUT2D eigenvalue weighted by Gasteiger charge is -2.41. The van der Waals surface area contributed by atoms with Crippen molar-refractivity contribution in [1.82, 2.24) is 4.90 Å². The second kappa shape index (κ2) is 5.13. The summed E-state index contributed by atoms with van der Waals surface area (Å²) >= 11 is 0. The first-order chi connectivity index (χ1) is 6.54. The van der Waals surface area contributed by atoms with Gasteiger partial charge in [-0.15, -0.1) is 0 Å². The Hall–Kier alpha value is -0.0800. The van der Waals surface area contributed by atoms with Gasteiger partial charge in [-0.25, -0.2) is 0 Å². The van der Waals surface area contributed by atoms with E-state index in [4.69, 9.17) is 0 Å². The van der Waals surface area contributed by atoms with E-state index in [9.17, 15) is 5.11 Å². The van der Waals surface area contributed by atoms with Crippen molar-refractivity contribution < 1.29 is 5.11 Å². The van der Waals surface area contributed by atoms with Crippen molar-refractivity contribution in [2.24, 2.45) is 11.8 Å². The number of hydrogen-bond donors (Lipinski definition) is 1. The number of hydrogen-bond acceptors (Lipinski definition) is 2. The predicted molar refractivity (Wildman–Crippen MR) is 60.0 cm³/mol. The topological polar surface area (TPSA) is 23.5 Å². The molecule has 0 spiro atoms. The van der Waals surface area contributed by atoms with E-state index in [0.29, 0.717) is 6.04 Å². The average Bonchev–Trinajstić information content (AvgIpc) is 2.16. The van der Waals surface area contributed by atoms with E-state index in [2.05, 4.69) is 25.8 Å². The molecule has 3 unspecified atom stereocenters. The molecule has 0 aliphatic heterocycles. The van der Waals surface area contributed by atoms with Crippen LogP contribution >= 0.6 is 0 Å². The van der Waals surface area contributed by atoms with Crippen LogP contribution in [0.4, 0.5) is 0 Å². The Bertz CT molecular complexity index is 168. The minimum atomic E-state index is -0.306. The molecule has 2 heteroatoms. The van der Waals surface area contributed by atoms with E-state index in [1.165, 1.54) is 25.7 Å². The van der Waals surface area contributed by atoms with E-state index in [1.807, 2.05) is 6.92 Å². The van der Waals surface area contributed by atoms with Gasteiger partial charge in [-0.3, -0.25) is 4.90 Å². The van der Waals surface area contributed by atoms with Gasteiger partial charge in [0.15, 0.2) is 0 Å². The molecule has 0 heterocycles. The molecule has 1 saturated carbocycles. The number of rotatable bonds is 3. The van der Waals surface area contributed by atoms with Crippen molar-refractivity contribution in [2.45, 2.75) is 58.7 Å². The first kappa shape index (κ1) is 12.0. The fraction of sp³-hybridized carbons (Fsp3) is 1.00. The Labute approximate surface area is 88.3 Å². The van der Waals surface area contributed by atoms with Gasteiger partial charge < -0.3 is 5.11 Å². The summed E-state index contributed by atoms with van der Waals surface area (Å²) in [5.41, 5.74) is 0. The zero-order chi connectivity index (χ0) is 10.7. The van der Waals surface area contributed by atoms with Gasteiger partial charge in [0.05, 0.1) is 0 Å². The largest absolute Gasteiger partial charge is 0.379 e. The molecular weight excluding hydrogens is 174 g/mol. The van der Waals surface area contributed by atoms with Crippen LogP contribution in [0.5, 0.6) is 0 Å². The lowest BCUT2D eigenvalue weighted by atomic mass is 9.77. The lowest BCUT2D eigenvalue weighted by Crippen LogP contribution is -2.46. The third kappa shape index (κ3) is 2.71. The Morgan fingerprint density at radius 1 is 1.14 bits per heavy atom. The highest BCUT2D eigenvalue weighted by atomic mass is 16.3. The molecule has 0 saturated heterocycles. The van der Waals surface area contributed by atoms with Gasteiger partial charge in [-0.2, -0.15) is 0 Å². The number of aliphatic hydroxyl groups is 1. The third-order valence-electron chi connectivity index (χ3n) is 3.75. The number of aliphatic hydroxyl groups excluding tert-OH is 1. The minimum absolute atomic E-state index is 0.306. The van der Waals surface area contributed by atoms with Crippen LogP contribution < -0.4 is 0 Å². The van der Waals surface area contributed by atoms with E-state index in [0.717, 1.165) is 11.8 Å². The van der Waals surface area contributed by atoms with Crippen LogP contribution in [0.3, 0.4) is 0 Å². The molecule has 1 aliphatic carbocycles. The molecule has 84 valence electrons. The van der Waals surface area contributed by atoms with E-state index < -0.39 is 0 Å². The van der Waals surface area contributed by atoms with Gasteiger partial charge in [-0.05, 0) is 38.6 Å². The highest BCUT2D eigenvalue weighted by Gasteiger charge is 2.31. The van der Waals surface area contributed by atoms with Gasteiger partial charge in [-0.1, -0.05) is 26.7 Å². The van der Waals surface area contributed by atoms with E-state index in [1.54, 1.807) is 0 Å². The van der Waals surface area contributed by atoms with Crippen LogP contribution in [0.2, 0.25) is 0 Å². The van der Waals surface area contributed by atoms with Crippen LogP contribution in [0.15, 0.2) is 0 Å². The second-order valence-electron chi connectivity index (χ2n) is 5.06. The number of nitrogens with zero attached hydrogens (tertiary/aromatic N) is 1. The molecule has 0 radical (unpaired) electrons. The third-order valence-corrected chi connectivity index (χ3v) is 3.75. The van der Waals surface area contributed by atoms with Gasteiger partial charge >= 0.3 is 0 Å². The van der Waals surface area contributed by atoms with Gasteiger partial charge in [0.25, 0.3) is 0 Å². The maximum absolute atomic E-state index is 9.60. The Morgan fingerprint density at radius 3 is 2.21 bits per heavy atom. The van der Waals surface area contributed by atoms with Crippen molar-refractivity contribution in [3.63, 3.8) is 0 Å². The standard InChI is InChI=1S/C12H25NO/c1-9(2)11-7-5-6-8-12(11)13(4)10(3)14/h9-12,14H,5-8H2,1-4H3. The van der Waals surface area contributed by atoms with Gasteiger partial charge in [0.2, 0.25) is 0 Å². The summed E-state index contributed by atoms with van der Waals surface area (Å²) in [7, 11) is 2.05. The predicted octanol–water partition coefficient (Wildman–Crippen LogP) is 2.47. The summed E-state index contributed by atoms with van der Waals surface area (Å²) in [4.78, 5) is 2.14. The molecule has 3 atom stereocenters. The van der Waals surface area contributed by atoms with Crippen LogP contribution in [-0.4, -0.2) is 29.3 Å². The zero-order valence-electron chi connectivity index (χ0n) is 10.0. The van der Waals surface area contributed by atoms with E-state index in [-0.39, 0.29) is 6.23 Å². The molecule has 1 aliphatic rings. The van der Waals surface area contributed by atoms with Gasteiger partial charge in [0, 0.05) is 6.04 Å². The molecular formula is C12H25NO. The lowest BCUT2D eigenvalue weighted by molar-refractivity contribution is -0.0292. The van der Waals surface area contributed by atoms with Crippen molar-refractivity contribution >= 4 is 0 Å². The highest BCUT2D eigenvalue weighted by molar-refractivity contribution is 4.84. The van der Waals surface area contributed by atoms with Crippen molar-refractivity contribution in [1.29, 1.82) is 0 Å². The summed E-state index contributed by atoms with van der Waals surface area (Å²) in [5, 5.41) is 9.60. The van der Waals surface area contributed by atoms with Gasteiger partial charge in [0.1, 0.15) is 6.23 Å². The molecule has 0 bridgehead atoms. The summed E-state index contributed by atoms with van der Waals surface area (Å²) in [5.74, 6) is 1.50. The molecule has 14 heavy (non-hydrogen) atoms. The molecule has 0 aromatic rings. The summed E-state index contributed by atoms with van der Waals surface area (Å²) in [6.07, 6.45) is 4.97. The first-order valence-corrected chi connectivity index (χ1v) is 5.94. The second-order valence-corrected chi connectivity index (χ2v) is 5.06. The molecule has 0 amide bonds. The van der Waals surface area contributed by atoms with Crippen LogP contribution in [0.1, 0.15) is 46.5 Å². The zero-order valence-corrected chi connectivity index (χ0v) is 10.0. The normalized spacial score (nSPS) is 31.1.